The van der Waals surface area contributed by atoms with Crippen LogP contribution in [0.2, 0.25) is 0 Å². The van der Waals surface area contributed by atoms with Gasteiger partial charge in [0, 0.05) is 68.0 Å². The van der Waals surface area contributed by atoms with Crippen LogP contribution in [0, 0.1) is 5.92 Å². The van der Waals surface area contributed by atoms with Gasteiger partial charge in [-0.3, -0.25) is 14.6 Å². The average molecular weight is 574 g/mol. The fourth-order valence-corrected chi connectivity index (χ4v) is 7.80. The number of hydrogen-bond donors (Lipinski definition) is 2. The highest BCUT2D eigenvalue weighted by Gasteiger charge is 2.51. The first-order valence-electron chi connectivity index (χ1n) is 15.4. The molecule has 4 aromatic rings. The molecule has 2 aromatic heterocycles. The van der Waals surface area contributed by atoms with Gasteiger partial charge in [0.15, 0.2) is 0 Å². The third kappa shape index (κ3) is 4.51. The molecule has 1 aliphatic carbocycles. The Labute approximate surface area is 250 Å². The number of rotatable bonds is 5. The molecule has 2 aromatic carbocycles. The van der Waals surface area contributed by atoms with E-state index < -0.39 is 5.41 Å². The Morgan fingerprint density at radius 2 is 1.79 bits per heavy atom. The maximum atomic E-state index is 14.1. The molecule has 8 heteroatoms. The summed E-state index contributed by atoms with van der Waals surface area (Å²) in [4.78, 5) is 38.8. The summed E-state index contributed by atoms with van der Waals surface area (Å²) in [6, 6.07) is 21.1. The zero-order valence-electron chi connectivity index (χ0n) is 24.1. The number of fused-ring (bicyclic) bond motifs is 4. The van der Waals surface area contributed by atoms with Crippen LogP contribution in [0.5, 0.6) is 0 Å². The summed E-state index contributed by atoms with van der Waals surface area (Å²) in [6.07, 6.45) is 6.47. The number of carbonyl (C=O) groups is 2. The van der Waals surface area contributed by atoms with E-state index in [1.54, 1.807) is 6.20 Å². The Bertz CT molecular complexity index is 1720. The highest BCUT2D eigenvalue weighted by atomic mass is 16.5. The lowest BCUT2D eigenvalue weighted by Gasteiger charge is -2.36. The fourth-order valence-electron chi connectivity index (χ4n) is 7.80. The van der Waals surface area contributed by atoms with Gasteiger partial charge in [0.05, 0.1) is 17.0 Å². The molecular weight excluding hydrogens is 538 g/mol. The van der Waals surface area contributed by atoms with E-state index in [9.17, 15) is 9.59 Å². The van der Waals surface area contributed by atoms with Crippen molar-refractivity contribution < 1.29 is 14.3 Å². The van der Waals surface area contributed by atoms with E-state index in [1.807, 2.05) is 24.4 Å². The first-order valence-corrected chi connectivity index (χ1v) is 15.4. The Morgan fingerprint density at radius 1 is 0.977 bits per heavy atom. The number of anilines is 1. The largest absolute Gasteiger partial charge is 0.381 e. The molecule has 2 unspecified atom stereocenters. The summed E-state index contributed by atoms with van der Waals surface area (Å²) in [7, 11) is 0. The van der Waals surface area contributed by atoms with Crippen LogP contribution in [0.15, 0.2) is 73.1 Å². The highest BCUT2D eigenvalue weighted by Crippen LogP contribution is 2.47. The normalized spacial score (nSPS) is 24.7. The quantitative estimate of drug-likeness (QED) is 0.373. The molecule has 3 aliphatic heterocycles. The van der Waals surface area contributed by atoms with E-state index in [4.69, 9.17) is 9.72 Å². The second-order valence-electron chi connectivity index (χ2n) is 12.5. The van der Waals surface area contributed by atoms with Gasteiger partial charge in [0.2, 0.25) is 11.8 Å². The minimum absolute atomic E-state index is 0.0198. The average Bonchev–Trinajstić information content (AvgIpc) is 3.75. The van der Waals surface area contributed by atoms with Crippen molar-refractivity contribution >= 4 is 28.5 Å². The minimum Gasteiger partial charge on any atom is -0.381 e. The Kier molecular flexibility index (Phi) is 6.49. The molecule has 8 nitrogen and oxygen atoms in total. The lowest BCUT2D eigenvalue weighted by molar-refractivity contribution is -0.141. The molecule has 0 saturated carbocycles. The number of nitrogens with one attached hydrogen (secondary N) is 2. The second kappa shape index (κ2) is 10.5. The number of carbonyl (C=O) groups excluding carboxylic acids is 2. The van der Waals surface area contributed by atoms with Crippen molar-refractivity contribution in [1.29, 1.82) is 0 Å². The molecule has 0 bridgehead atoms. The van der Waals surface area contributed by atoms with E-state index >= 15 is 0 Å². The van der Waals surface area contributed by atoms with Gasteiger partial charge in [-0.05, 0) is 72.2 Å². The molecule has 2 saturated heterocycles. The van der Waals surface area contributed by atoms with E-state index in [1.165, 1.54) is 16.7 Å². The van der Waals surface area contributed by atoms with Crippen LogP contribution in [0.3, 0.4) is 0 Å². The third-order valence-corrected chi connectivity index (χ3v) is 10.1. The molecule has 1 spiro atoms. The van der Waals surface area contributed by atoms with Crippen molar-refractivity contribution in [3.05, 3.63) is 101 Å². The summed E-state index contributed by atoms with van der Waals surface area (Å²) in [6.45, 7) is 3.40. The zero-order valence-corrected chi connectivity index (χ0v) is 24.1. The van der Waals surface area contributed by atoms with Gasteiger partial charge >= 0.3 is 0 Å². The Morgan fingerprint density at radius 3 is 2.63 bits per heavy atom. The maximum Gasteiger partial charge on any atom is 0.237 e. The van der Waals surface area contributed by atoms with E-state index in [-0.39, 0.29) is 29.7 Å². The molecule has 2 N–H and O–H groups in total. The molecule has 43 heavy (non-hydrogen) atoms. The predicted octanol–water partition coefficient (Wildman–Crippen LogP) is 4.13. The van der Waals surface area contributed by atoms with Crippen LogP contribution in [0.1, 0.15) is 46.6 Å². The van der Waals surface area contributed by atoms with Crippen molar-refractivity contribution in [2.24, 2.45) is 5.92 Å². The first kappa shape index (κ1) is 26.5. The van der Waals surface area contributed by atoms with Crippen LogP contribution in [0.25, 0.3) is 10.9 Å². The number of aromatic nitrogens is 2. The molecule has 4 aliphatic rings. The van der Waals surface area contributed by atoms with Crippen molar-refractivity contribution in [2.45, 2.75) is 49.6 Å². The monoisotopic (exact) mass is 573 g/mol. The summed E-state index contributed by atoms with van der Waals surface area (Å²) < 4.78 is 5.59. The van der Waals surface area contributed by atoms with Crippen molar-refractivity contribution in [3.8, 4) is 0 Å². The first-order chi connectivity index (χ1) is 21.1. The number of hydrogen-bond acceptors (Lipinski definition) is 6. The van der Waals surface area contributed by atoms with E-state index in [0.717, 1.165) is 48.0 Å². The van der Waals surface area contributed by atoms with E-state index in [2.05, 4.69) is 63.0 Å². The smallest absolute Gasteiger partial charge is 0.237 e. The minimum atomic E-state index is -0.610. The molecule has 5 heterocycles. The number of ether oxygens (including phenoxy) is 1. The lowest BCUT2D eigenvalue weighted by Crippen LogP contribution is -2.47. The van der Waals surface area contributed by atoms with Gasteiger partial charge < -0.3 is 20.3 Å². The van der Waals surface area contributed by atoms with Crippen LogP contribution >= 0.6 is 0 Å². The molecule has 3 atom stereocenters. The topological polar surface area (TPSA) is 96.5 Å². The predicted molar refractivity (Wildman–Crippen MR) is 164 cm³/mol. The van der Waals surface area contributed by atoms with Crippen LogP contribution < -0.4 is 10.6 Å². The molecular formula is C35H35N5O3. The summed E-state index contributed by atoms with van der Waals surface area (Å²) in [5, 5.41) is 7.61. The molecule has 2 amide bonds. The Hall–Kier alpha value is -4.14. The molecule has 0 radical (unpaired) electrons. The molecule has 2 fully saturated rings. The van der Waals surface area contributed by atoms with E-state index in [0.29, 0.717) is 38.4 Å². The van der Waals surface area contributed by atoms with Gasteiger partial charge in [-0.2, -0.15) is 0 Å². The number of nitrogens with zero attached hydrogens (tertiary/aromatic N) is 3. The van der Waals surface area contributed by atoms with Crippen LogP contribution in [-0.4, -0.2) is 59.0 Å². The Balaban J connectivity index is 1.11. The number of amides is 2. The van der Waals surface area contributed by atoms with Gasteiger partial charge in [-0.25, -0.2) is 4.98 Å². The van der Waals surface area contributed by atoms with Gasteiger partial charge in [-0.15, -0.1) is 0 Å². The summed E-state index contributed by atoms with van der Waals surface area (Å²) >= 11 is 0. The fraction of sp³-hybridized carbons (Fsp3) is 0.371. The maximum absolute atomic E-state index is 14.1. The summed E-state index contributed by atoms with van der Waals surface area (Å²) in [5.41, 5.74) is 5.91. The third-order valence-electron chi connectivity index (χ3n) is 10.1. The second-order valence-corrected chi connectivity index (χ2v) is 12.5. The van der Waals surface area contributed by atoms with Crippen LogP contribution in [0.4, 0.5) is 5.82 Å². The van der Waals surface area contributed by atoms with Gasteiger partial charge in [-0.1, -0.05) is 36.4 Å². The van der Waals surface area contributed by atoms with Gasteiger partial charge in [0.25, 0.3) is 0 Å². The van der Waals surface area contributed by atoms with Crippen molar-refractivity contribution in [2.75, 3.05) is 31.6 Å². The number of benzene rings is 2. The lowest BCUT2D eigenvalue weighted by atomic mass is 9.79. The standard InChI is InChI=1S/C35H35N5O3/c41-33(24-8-11-43-12-9-24)40(31-20-36-19-28(31)23-5-2-1-3-6-23)21-22-13-25-14-26-16-35(17-27(26)15-30(25)38-18-22)29-7-4-10-37-32(29)39-34(35)42/h1-7,10,13-15,18,24,28,31,36H,8-9,11-12,16-17,19-21H2,(H,37,39,42)/t28?,31?,35-/m0/s1. The van der Waals surface area contributed by atoms with Gasteiger partial charge in [0.1, 0.15) is 5.82 Å². The van der Waals surface area contributed by atoms with Crippen molar-refractivity contribution in [3.63, 3.8) is 0 Å². The summed E-state index contributed by atoms with van der Waals surface area (Å²) in [5.74, 6) is 1.13. The zero-order chi connectivity index (χ0) is 29.0. The molecule has 8 rings (SSSR count). The molecule has 218 valence electrons. The number of pyridine rings is 2. The van der Waals surface area contributed by atoms with Crippen LogP contribution in [-0.2, 0) is 39.1 Å². The SMILES string of the molecule is O=C(C1CCOCC1)N(Cc1cnc2cc3c(cc2c1)C[C@@]1(C3)C(=O)Nc2ncccc21)C1CNCC1c1ccccc1. The highest BCUT2D eigenvalue weighted by molar-refractivity contribution is 6.06. The van der Waals surface area contributed by atoms with Crippen molar-refractivity contribution in [1.82, 2.24) is 20.2 Å².